The second kappa shape index (κ2) is 37.5. The molecular weight excluding hydrogens is 647 g/mol. The lowest BCUT2D eigenvalue weighted by Gasteiger charge is -2.34. The quantitative estimate of drug-likeness (QED) is 0.0295. The number of carbonyl (C=O) groups excluding carboxylic acids is 2. The fraction of sp³-hybridized carbons (Fsp3) is 0.880. The first-order valence-corrected chi connectivity index (χ1v) is 24.2. The molecule has 310 valence electrons. The minimum absolute atomic E-state index is 0.217. The summed E-state index contributed by atoms with van der Waals surface area (Å²) in [5.41, 5.74) is 5.65. The number of allylic oxidation sites excluding steroid dienone is 4. The van der Waals surface area contributed by atoms with E-state index in [1.807, 2.05) is 0 Å². The van der Waals surface area contributed by atoms with Crippen LogP contribution in [0.3, 0.4) is 0 Å². The molecule has 0 aliphatic heterocycles. The normalized spacial score (nSPS) is 15.4. The fourth-order valence-corrected chi connectivity index (χ4v) is 8.81. The molecule has 0 radical (unpaired) electrons. The van der Waals surface area contributed by atoms with E-state index >= 15 is 0 Å². The van der Waals surface area contributed by atoms with Crippen LogP contribution in [-0.2, 0) is 9.59 Å². The highest BCUT2D eigenvalue weighted by Gasteiger charge is 2.42. The van der Waals surface area contributed by atoms with Gasteiger partial charge in [0, 0.05) is 5.41 Å². The molecule has 0 aromatic rings. The average molecular weight is 740 g/mol. The largest absolute Gasteiger partial charge is 0.369 e. The van der Waals surface area contributed by atoms with Gasteiger partial charge in [0.1, 0.15) is 0 Å². The van der Waals surface area contributed by atoms with Crippen LogP contribution in [0.25, 0.3) is 0 Å². The van der Waals surface area contributed by atoms with E-state index < -0.39 is 5.92 Å². The average Bonchev–Trinajstić information content (AvgIpc) is 3.41. The van der Waals surface area contributed by atoms with E-state index in [-0.39, 0.29) is 17.1 Å². The van der Waals surface area contributed by atoms with Gasteiger partial charge in [-0.3, -0.25) is 9.59 Å². The summed E-state index contributed by atoms with van der Waals surface area (Å²) in [6.07, 6.45) is 59.6. The Kier molecular flexibility index (Phi) is 35.2. The molecule has 53 heavy (non-hydrogen) atoms. The summed E-state index contributed by atoms with van der Waals surface area (Å²) in [4.78, 5) is 26.8. The van der Waals surface area contributed by atoms with E-state index in [2.05, 4.69) is 38.2 Å². The van der Waals surface area contributed by atoms with Crippen LogP contribution in [0.4, 0.5) is 0 Å². The van der Waals surface area contributed by atoms with Crippen molar-refractivity contribution in [3.8, 4) is 0 Å². The summed E-state index contributed by atoms with van der Waals surface area (Å²) < 4.78 is 0. The number of unbranched alkanes of at least 4 members (excludes halogenated alkanes) is 28. The van der Waals surface area contributed by atoms with E-state index in [0.29, 0.717) is 6.42 Å². The SMILES string of the molecule is CCCCCCCC/C=C\CCCCCCCCCCC(C(N)=O)C(=O)C1(CCCCCCCCCC/C=C\CCCCCCCC)CCCCCC1. The highest BCUT2D eigenvalue weighted by molar-refractivity contribution is 6.03. The van der Waals surface area contributed by atoms with Crippen LogP contribution in [0.2, 0.25) is 0 Å². The molecule has 1 atom stereocenters. The third kappa shape index (κ3) is 28.7. The van der Waals surface area contributed by atoms with E-state index in [1.165, 1.54) is 199 Å². The molecule has 0 heterocycles. The molecular formula is C50H93NO2. The van der Waals surface area contributed by atoms with Gasteiger partial charge in [0.25, 0.3) is 0 Å². The number of Topliss-reactive ketones (excluding diaryl/α,β-unsaturated/α-hetero) is 1. The van der Waals surface area contributed by atoms with Crippen molar-refractivity contribution in [3.05, 3.63) is 24.3 Å². The number of rotatable bonds is 39. The van der Waals surface area contributed by atoms with E-state index in [9.17, 15) is 9.59 Å². The molecule has 1 saturated carbocycles. The second-order valence-electron chi connectivity index (χ2n) is 17.3. The number of carbonyl (C=O) groups is 2. The summed E-state index contributed by atoms with van der Waals surface area (Å²) in [5.74, 6) is -0.727. The van der Waals surface area contributed by atoms with Crippen molar-refractivity contribution in [2.24, 2.45) is 17.1 Å². The highest BCUT2D eigenvalue weighted by Crippen LogP contribution is 2.43. The summed E-state index contributed by atoms with van der Waals surface area (Å²) in [6.45, 7) is 4.57. The molecule has 3 nitrogen and oxygen atoms in total. The van der Waals surface area contributed by atoms with Crippen molar-refractivity contribution < 1.29 is 9.59 Å². The molecule has 1 rings (SSSR count). The Morgan fingerprint density at radius 2 is 0.774 bits per heavy atom. The molecule has 1 aliphatic carbocycles. The molecule has 2 N–H and O–H groups in total. The molecule has 0 aromatic carbocycles. The van der Waals surface area contributed by atoms with Gasteiger partial charge in [-0.25, -0.2) is 0 Å². The zero-order chi connectivity index (χ0) is 38.3. The summed E-state index contributed by atoms with van der Waals surface area (Å²) in [6, 6.07) is 0. The van der Waals surface area contributed by atoms with Crippen molar-refractivity contribution in [3.63, 3.8) is 0 Å². The Bertz CT molecular complexity index is 867. The van der Waals surface area contributed by atoms with E-state index in [1.54, 1.807) is 0 Å². The molecule has 0 spiro atoms. The maximum atomic E-state index is 14.1. The van der Waals surface area contributed by atoms with Crippen molar-refractivity contribution >= 4 is 11.7 Å². The van der Waals surface area contributed by atoms with Crippen LogP contribution in [0.15, 0.2) is 24.3 Å². The number of primary amides is 1. The smallest absolute Gasteiger partial charge is 0.228 e. The maximum absolute atomic E-state index is 14.1. The lowest BCUT2D eigenvalue weighted by Crippen LogP contribution is -2.41. The van der Waals surface area contributed by atoms with Crippen LogP contribution < -0.4 is 5.73 Å². The summed E-state index contributed by atoms with van der Waals surface area (Å²) in [7, 11) is 0. The maximum Gasteiger partial charge on any atom is 0.228 e. The predicted molar refractivity (Wildman–Crippen MR) is 234 cm³/mol. The first-order valence-electron chi connectivity index (χ1n) is 24.2. The number of ketones is 1. The van der Waals surface area contributed by atoms with E-state index in [4.69, 9.17) is 5.73 Å². The predicted octanol–water partition coefficient (Wildman–Crippen LogP) is 16.4. The number of hydrogen-bond acceptors (Lipinski definition) is 2. The molecule has 0 aromatic heterocycles. The van der Waals surface area contributed by atoms with Gasteiger partial charge in [-0.1, -0.05) is 218 Å². The van der Waals surface area contributed by atoms with Gasteiger partial charge in [-0.15, -0.1) is 0 Å². The zero-order valence-electron chi connectivity index (χ0n) is 36.1. The number of nitrogens with two attached hydrogens (primary N) is 1. The standard InChI is InChI=1S/C50H93NO2/c1-3-5-7-9-11-13-15-17-19-21-23-25-27-29-31-33-35-39-43-47(49(51)53)48(52)50(45-41-37-38-42-46-50)44-40-36-34-32-30-28-26-24-22-20-18-16-14-12-10-8-6-4-2/h17-20,47H,3-16,21-46H2,1-2H3,(H2,51,53)/b19-17-,20-18-. The van der Waals surface area contributed by atoms with Crippen LogP contribution >= 0.6 is 0 Å². The van der Waals surface area contributed by atoms with Crippen molar-refractivity contribution in [2.45, 2.75) is 271 Å². The minimum atomic E-state index is -0.576. The molecule has 0 bridgehead atoms. The fourth-order valence-electron chi connectivity index (χ4n) is 8.81. The van der Waals surface area contributed by atoms with Crippen LogP contribution in [0.5, 0.6) is 0 Å². The van der Waals surface area contributed by atoms with Crippen molar-refractivity contribution in [1.82, 2.24) is 0 Å². The van der Waals surface area contributed by atoms with Gasteiger partial charge in [0.05, 0.1) is 5.92 Å². The van der Waals surface area contributed by atoms with Gasteiger partial charge in [0.15, 0.2) is 5.78 Å². The molecule has 1 fully saturated rings. The Balaban J connectivity index is 2.20. The first kappa shape index (κ1) is 49.6. The van der Waals surface area contributed by atoms with Crippen LogP contribution in [-0.4, -0.2) is 11.7 Å². The van der Waals surface area contributed by atoms with Crippen molar-refractivity contribution in [2.75, 3.05) is 0 Å². The topological polar surface area (TPSA) is 60.2 Å². The zero-order valence-corrected chi connectivity index (χ0v) is 36.1. The summed E-state index contributed by atoms with van der Waals surface area (Å²) in [5, 5.41) is 0. The monoisotopic (exact) mass is 740 g/mol. The third-order valence-electron chi connectivity index (χ3n) is 12.4. The van der Waals surface area contributed by atoms with Gasteiger partial charge >= 0.3 is 0 Å². The van der Waals surface area contributed by atoms with Gasteiger partial charge in [-0.05, 0) is 77.0 Å². The second-order valence-corrected chi connectivity index (χ2v) is 17.3. The first-order chi connectivity index (χ1) is 26.1. The van der Waals surface area contributed by atoms with E-state index in [0.717, 1.165) is 51.4 Å². The Morgan fingerprint density at radius 3 is 1.13 bits per heavy atom. The number of amides is 1. The number of hydrogen-bond donors (Lipinski definition) is 1. The lowest BCUT2D eigenvalue weighted by molar-refractivity contribution is -0.140. The summed E-state index contributed by atoms with van der Waals surface area (Å²) >= 11 is 0. The molecule has 3 heteroatoms. The van der Waals surface area contributed by atoms with Gasteiger partial charge in [-0.2, -0.15) is 0 Å². The highest BCUT2D eigenvalue weighted by atomic mass is 16.2. The van der Waals surface area contributed by atoms with Gasteiger partial charge < -0.3 is 5.73 Å². The van der Waals surface area contributed by atoms with Gasteiger partial charge in [0.2, 0.25) is 5.91 Å². The Hall–Kier alpha value is -1.38. The molecule has 1 unspecified atom stereocenters. The minimum Gasteiger partial charge on any atom is -0.369 e. The Labute approximate surface area is 332 Å². The molecule has 0 saturated heterocycles. The third-order valence-corrected chi connectivity index (χ3v) is 12.4. The van der Waals surface area contributed by atoms with Crippen molar-refractivity contribution in [1.29, 1.82) is 0 Å². The molecule has 1 amide bonds. The van der Waals surface area contributed by atoms with Crippen LogP contribution in [0, 0.1) is 11.3 Å². The lowest BCUT2D eigenvalue weighted by atomic mass is 9.68. The Morgan fingerprint density at radius 1 is 0.453 bits per heavy atom. The molecule has 1 aliphatic rings. The van der Waals surface area contributed by atoms with Crippen LogP contribution in [0.1, 0.15) is 271 Å².